The van der Waals surface area contributed by atoms with Gasteiger partial charge in [0.15, 0.2) is 17.5 Å². The van der Waals surface area contributed by atoms with Crippen molar-refractivity contribution >= 4 is 21.8 Å². The lowest BCUT2D eigenvalue weighted by Gasteiger charge is -2.30. The van der Waals surface area contributed by atoms with Crippen molar-refractivity contribution in [2.24, 2.45) is 0 Å². The standard InChI is InChI=1S/C58H36N4/c1-3-17-38(18-4-1)55-59-56(39-19-5-2-6-20-39)61-57(60-55)46-25-8-7-21-41(46)37-31-33-40(34-32-37)62-52-30-16-12-24-44(52)45-35-36-51-53(54(45)62)47-26-11-15-29-50(47)58(51)48-27-13-9-22-42(48)43-23-10-14-28-49(43)58/h1-36H. The van der Waals surface area contributed by atoms with Gasteiger partial charge in [0, 0.05) is 38.7 Å². The van der Waals surface area contributed by atoms with E-state index in [4.69, 9.17) is 15.0 Å². The minimum atomic E-state index is -0.419. The number of fused-ring (bicyclic) bond motifs is 14. The lowest BCUT2D eigenvalue weighted by atomic mass is 9.70. The first-order valence-electron chi connectivity index (χ1n) is 21.2. The Morgan fingerprint density at radius 2 is 0.790 bits per heavy atom. The van der Waals surface area contributed by atoms with Crippen LogP contribution in [0, 0.1) is 0 Å². The Labute approximate surface area is 359 Å². The Balaban J connectivity index is 1.01. The summed E-state index contributed by atoms with van der Waals surface area (Å²) < 4.78 is 2.49. The molecule has 0 N–H and O–H groups in total. The number of hydrogen-bond donors (Lipinski definition) is 0. The molecule has 0 atom stereocenters. The van der Waals surface area contributed by atoms with E-state index in [1.807, 2.05) is 60.7 Å². The molecule has 13 rings (SSSR count). The van der Waals surface area contributed by atoms with Gasteiger partial charge in [-0.05, 0) is 68.3 Å². The molecule has 0 radical (unpaired) electrons. The smallest absolute Gasteiger partial charge is 0.164 e. The molecule has 1 spiro atoms. The second-order valence-electron chi connectivity index (χ2n) is 16.3. The fraction of sp³-hybridized carbons (Fsp3) is 0.0172. The van der Waals surface area contributed by atoms with E-state index < -0.39 is 5.41 Å². The predicted molar refractivity (Wildman–Crippen MR) is 252 cm³/mol. The largest absolute Gasteiger partial charge is 0.309 e. The first-order valence-corrected chi connectivity index (χ1v) is 21.2. The van der Waals surface area contributed by atoms with Crippen molar-refractivity contribution in [3.8, 4) is 73.2 Å². The molecule has 0 amide bonds. The van der Waals surface area contributed by atoms with Crippen LogP contribution in [0.5, 0.6) is 0 Å². The number of rotatable bonds is 5. The van der Waals surface area contributed by atoms with Gasteiger partial charge in [-0.15, -0.1) is 0 Å². The molecule has 2 aliphatic rings. The van der Waals surface area contributed by atoms with E-state index in [0.717, 1.165) is 33.5 Å². The number of benzene rings is 9. The van der Waals surface area contributed by atoms with Crippen LogP contribution in [0.15, 0.2) is 218 Å². The van der Waals surface area contributed by atoms with Crippen molar-refractivity contribution in [3.63, 3.8) is 0 Å². The highest BCUT2D eigenvalue weighted by atomic mass is 15.0. The highest BCUT2D eigenvalue weighted by Crippen LogP contribution is 2.64. The summed E-state index contributed by atoms with van der Waals surface area (Å²) in [6.45, 7) is 0. The summed E-state index contributed by atoms with van der Waals surface area (Å²) in [5, 5.41) is 2.49. The van der Waals surface area contributed by atoms with Crippen LogP contribution in [-0.2, 0) is 5.41 Å². The minimum Gasteiger partial charge on any atom is -0.309 e. The van der Waals surface area contributed by atoms with Gasteiger partial charge >= 0.3 is 0 Å². The van der Waals surface area contributed by atoms with Gasteiger partial charge in [-0.2, -0.15) is 0 Å². The summed E-state index contributed by atoms with van der Waals surface area (Å²) in [5.41, 5.74) is 18.7. The van der Waals surface area contributed by atoms with E-state index >= 15 is 0 Å². The molecule has 288 valence electrons. The lowest BCUT2D eigenvalue weighted by molar-refractivity contribution is 0.794. The summed E-state index contributed by atoms with van der Waals surface area (Å²) in [6, 6.07) is 78.5. The number of para-hydroxylation sites is 1. The van der Waals surface area contributed by atoms with Crippen molar-refractivity contribution in [1.29, 1.82) is 0 Å². The number of hydrogen-bond acceptors (Lipinski definition) is 3. The molecular weight excluding hydrogens is 753 g/mol. The molecule has 0 aliphatic heterocycles. The van der Waals surface area contributed by atoms with Crippen LogP contribution in [0.3, 0.4) is 0 Å². The second kappa shape index (κ2) is 13.4. The topological polar surface area (TPSA) is 43.6 Å². The molecule has 4 nitrogen and oxygen atoms in total. The fourth-order valence-electron chi connectivity index (χ4n) is 10.5. The zero-order valence-corrected chi connectivity index (χ0v) is 33.6. The maximum Gasteiger partial charge on any atom is 0.164 e. The van der Waals surface area contributed by atoms with Gasteiger partial charge in [0.1, 0.15) is 0 Å². The second-order valence-corrected chi connectivity index (χ2v) is 16.3. The summed E-state index contributed by atoms with van der Waals surface area (Å²) in [7, 11) is 0. The normalized spacial score (nSPS) is 13.0. The van der Waals surface area contributed by atoms with Gasteiger partial charge in [0.25, 0.3) is 0 Å². The zero-order valence-electron chi connectivity index (χ0n) is 33.6. The molecule has 0 saturated heterocycles. The average molecular weight is 789 g/mol. The summed E-state index contributed by atoms with van der Waals surface area (Å²) in [5.74, 6) is 1.93. The maximum atomic E-state index is 5.10. The molecule has 62 heavy (non-hydrogen) atoms. The van der Waals surface area contributed by atoms with Crippen molar-refractivity contribution in [2.75, 3.05) is 0 Å². The predicted octanol–water partition coefficient (Wildman–Crippen LogP) is 14.0. The van der Waals surface area contributed by atoms with E-state index in [2.05, 4.69) is 162 Å². The van der Waals surface area contributed by atoms with Gasteiger partial charge in [0.05, 0.1) is 16.4 Å². The Bertz CT molecular complexity index is 3460. The number of aromatic nitrogens is 4. The third-order valence-corrected chi connectivity index (χ3v) is 13.1. The van der Waals surface area contributed by atoms with Gasteiger partial charge in [-0.3, -0.25) is 0 Å². The van der Waals surface area contributed by atoms with Crippen molar-refractivity contribution in [3.05, 3.63) is 241 Å². The average Bonchev–Trinajstić information content (AvgIpc) is 3.96. The van der Waals surface area contributed by atoms with Crippen LogP contribution in [-0.4, -0.2) is 19.5 Å². The number of nitrogens with zero attached hydrogens (tertiary/aromatic N) is 4. The fourth-order valence-corrected chi connectivity index (χ4v) is 10.5. The molecule has 2 aliphatic carbocycles. The summed E-state index contributed by atoms with van der Waals surface area (Å²) in [4.78, 5) is 15.1. The van der Waals surface area contributed by atoms with Crippen LogP contribution < -0.4 is 0 Å². The Morgan fingerprint density at radius 1 is 0.306 bits per heavy atom. The van der Waals surface area contributed by atoms with Crippen LogP contribution in [0.1, 0.15) is 22.3 Å². The van der Waals surface area contributed by atoms with Crippen LogP contribution in [0.2, 0.25) is 0 Å². The van der Waals surface area contributed by atoms with Crippen LogP contribution >= 0.6 is 0 Å². The molecular formula is C58H36N4. The highest BCUT2D eigenvalue weighted by Gasteiger charge is 2.52. The Morgan fingerprint density at radius 3 is 1.42 bits per heavy atom. The van der Waals surface area contributed by atoms with Crippen LogP contribution in [0.4, 0.5) is 0 Å². The van der Waals surface area contributed by atoms with E-state index in [9.17, 15) is 0 Å². The third-order valence-electron chi connectivity index (χ3n) is 13.1. The third kappa shape index (κ3) is 4.86. The monoisotopic (exact) mass is 788 g/mol. The minimum absolute atomic E-state index is 0.419. The first-order chi connectivity index (χ1) is 30.8. The molecule has 9 aromatic carbocycles. The quantitative estimate of drug-likeness (QED) is 0.174. The molecule has 2 aromatic heterocycles. The van der Waals surface area contributed by atoms with Crippen LogP contribution in [0.25, 0.3) is 95.0 Å². The Kier molecular flexibility index (Phi) is 7.49. The zero-order chi connectivity index (χ0) is 40.8. The summed E-state index contributed by atoms with van der Waals surface area (Å²) >= 11 is 0. The first kappa shape index (κ1) is 34.6. The maximum absolute atomic E-state index is 5.10. The summed E-state index contributed by atoms with van der Waals surface area (Å²) in [6.07, 6.45) is 0. The van der Waals surface area contributed by atoms with E-state index in [1.54, 1.807) is 0 Å². The van der Waals surface area contributed by atoms with Gasteiger partial charge < -0.3 is 4.57 Å². The molecule has 0 fully saturated rings. The van der Waals surface area contributed by atoms with Crippen molar-refractivity contribution < 1.29 is 0 Å². The van der Waals surface area contributed by atoms with Crippen molar-refractivity contribution in [1.82, 2.24) is 19.5 Å². The molecule has 4 heteroatoms. The molecule has 11 aromatic rings. The molecule has 0 saturated carbocycles. The van der Waals surface area contributed by atoms with Gasteiger partial charge in [-0.1, -0.05) is 200 Å². The SMILES string of the molecule is c1ccc(-c2nc(-c3ccccc3)nc(-c3ccccc3-c3ccc(-n4c5ccccc5c5ccc6c(c54)-c4ccccc4C64c5ccccc5-c5ccccc54)cc3)n2)cc1. The van der Waals surface area contributed by atoms with Gasteiger partial charge in [0.2, 0.25) is 0 Å². The van der Waals surface area contributed by atoms with Gasteiger partial charge in [-0.25, -0.2) is 15.0 Å². The molecule has 2 heterocycles. The van der Waals surface area contributed by atoms with E-state index in [0.29, 0.717) is 17.5 Å². The van der Waals surface area contributed by atoms with E-state index in [1.165, 1.54) is 66.3 Å². The molecule has 0 bridgehead atoms. The highest BCUT2D eigenvalue weighted by molar-refractivity contribution is 6.16. The molecule has 0 unspecified atom stereocenters. The lowest BCUT2D eigenvalue weighted by Crippen LogP contribution is -2.25. The van der Waals surface area contributed by atoms with E-state index in [-0.39, 0.29) is 0 Å². The van der Waals surface area contributed by atoms with Crippen molar-refractivity contribution in [2.45, 2.75) is 5.41 Å². The Hall–Kier alpha value is -8.21.